The van der Waals surface area contributed by atoms with Crippen molar-refractivity contribution in [3.05, 3.63) is 40.8 Å². The molecule has 27 heavy (non-hydrogen) atoms. The predicted octanol–water partition coefficient (Wildman–Crippen LogP) is 3.28. The van der Waals surface area contributed by atoms with Gasteiger partial charge < -0.3 is 14.4 Å². The zero-order valence-electron chi connectivity index (χ0n) is 15.6. The summed E-state index contributed by atoms with van der Waals surface area (Å²) < 4.78 is 2.34. The maximum atomic E-state index is 12.6. The van der Waals surface area contributed by atoms with E-state index < -0.39 is 0 Å². The van der Waals surface area contributed by atoms with Crippen molar-refractivity contribution >= 4 is 34.2 Å². The molecule has 0 N–H and O–H groups in total. The maximum Gasteiger partial charge on any atom is 0.273 e. The first-order valence-corrected chi connectivity index (χ1v) is 10.5. The van der Waals surface area contributed by atoms with Gasteiger partial charge in [-0.1, -0.05) is 12.1 Å². The van der Waals surface area contributed by atoms with Crippen molar-refractivity contribution in [1.82, 2.24) is 19.4 Å². The van der Waals surface area contributed by atoms with Crippen LogP contribution in [0.25, 0.3) is 11.0 Å². The second kappa shape index (κ2) is 6.34. The van der Waals surface area contributed by atoms with Gasteiger partial charge in [0.2, 0.25) is 5.95 Å². The fourth-order valence-electron chi connectivity index (χ4n) is 4.57. The molecular weight excluding hydrogens is 358 g/mol. The zero-order valence-corrected chi connectivity index (χ0v) is 16.4. The summed E-state index contributed by atoms with van der Waals surface area (Å²) in [4.78, 5) is 26.1. The van der Waals surface area contributed by atoms with Crippen molar-refractivity contribution in [2.45, 2.75) is 19.9 Å². The number of hydrogen-bond acceptors (Lipinski definition) is 5. The molecule has 5 rings (SSSR count). The number of likely N-dealkylation sites (tertiary alicyclic amines) is 1. The van der Waals surface area contributed by atoms with Crippen LogP contribution >= 0.6 is 11.3 Å². The Morgan fingerprint density at radius 2 is 1.89 bits per heavy atom. The molecule has 0 radical (unpaired) electrons. The van der Waals surface area contributed by atoms with Gasteiger partial charge in [-0.3, -0.25) is 4.79 Å². The van der Waals surface area contributed by atoms with Gasteiger partial charge in [0.25, 0.3) is 5.91 Å². The molecule has 0 bridgehead atoms. The minimum absolute atomic E-state index is 0.0756. The Labute approximate surface area is 162 Å². The third-order valence-corrected chi connectivity index (χ3v) is 6.39. The maximum absolute atomic E-state index is 12.6. The molecule has 0 saturated carbocycles. The van der Waals surface area contributed by atoms with Gasteiger partial charge in [0.05, 0.1) is 16.5 Å². The molecule has 2 aliphatic heterocycles. The van der Waals surface area contributed by atoms with Gasteiger partial charge in [0.15, 0.2) is 0 Å². The number of nitrogens with zero attached hydrogens (tertiary/aromatic N) is 5. The normalized spacial score (nSPS) is 22.2. The van der Waals surface area contributed by atoms with Crippen LogP contribution in [0.5, 0.6) is 0 Å². The Hall–Kier alpha value is -2.41. The number of aromatic nitrogens is 3. The lowest BCUT2D eigenvalue weighted by molar-refractivity contribution is 0.0777. The number of rotatable bonds is 3. The largest absolute Gasteiger partial charge is 0.342 e. The molecule has 2 fully saturated rings. The van der Waals surface area contributed by atoms with Crippen molar-refractivity contribution in [3.63, 3.8) is 0 Å². The minimum Gasteiger partial charge on any atom is -0.342 e. The van der Waals surface area contributed by atoms with Crippen molar-refractivity contribution in [2.75, 3.05) is 31.1 Å². The lowest BCUT2D eigenvalue weighted by atomic mass is 10.0. The molecule has 2 aromatic heterocycles. The summed E-state index contributed by atoms with van der Waals surface area (Å²) in [6, 6.07) is 8.72. The molecule has 7 heteroatoms. The number of amides is 1. The van der Waals surface area contributed by atoms with E-state index in [-0.39, 0.29) is 5.91 Å². The van der Waals surface area contributed by atoms with Crippen LogP contribution in [-0.4, -0.2) is 51.5 Å². The number of carbonyl (C=O) groups is 1. The Kier molecular flexibility index (Phi) is 3.93. The second-order valence-electron chi connectivity index (χ2n) is 7.87. The smallest absolute Gasteiger partial charge is 0.273 e. The van der Waals surface area contributed by atoms with Crippen LogP contribution in [0, 0.1) is 11.8 Å². The van der Waals surface area contributed by atoms with E-state index in [9.17, 15) is 4.79 Å². The first-order valence-electron chi connectivity index (χ1n) is 9.51. The van der Waals surface area contributed by atoms with Crippen LogP contribution in [0.1, 0.15) is 30.4 Å². The minimum atomic E-state index is 0.0756. The Morgan fingerprint density at radius 3 is 2.56 bits per heavy atom. The summed E-state index contributed by atoms with van der Waals surface area (Å²) in [7, 11) is 0. The van der Waals surface area contributed by atoms with Crippen molar-refractivity contribution in [1.29, 1.82) is 0 Å². The molecule has 4 heterocycles. The van der Waals surface area contributed by atoms with Gasteiger partial charge in [-0.2, -0.15) is 0 Å². The van der Waals surface area contributed by atoms with Gasteiger partial charge in [0.1, 0.15) is 5.69 Å². The Balaban J connectivity index is 1.37. The highest BCUT2D eigenvalue weighted by atomic mass is 32.1. The van der Waals surface area contributed by atoms with Crippen molar-refractivity contribution in [2.24, 2.45) is 11.8 Å². The summed E-state index contributed by atoms with van der Waals surface area (Å²) >= 11 is 1.47. The van der Waals surface area contributed by atoms with Crippen LogP contribution in [0.2, 0.25) is 0 Å². The molecule has 1 amide bonds. The molecule has 0 aliphatic carbocycles. The van der Waals surface area contributed by atoms with Crippen LogP contribution in [0.15, 0.2) is 35.2 Å². The van der Waals surface area contributed by atoms with Gasteiger partial charge in [-0.05, 0) is 26.0 Å². The number of imidazole rings is 1. The van der Waals surface area contributed by atoms with E-state index in [2.05, 4.69) is 46.5 Å². The number of hydrogen-bond donors (Lipinski definition) is 0. The third-order valence-electron chi connectivity index (χ3n) is 5.80. The van der Waals surface area contributed by atoms with Crippen LogP contribution in [-0.2, 0) is 0 Å². The molecule has 0 spiro atoms. The summed E-state index contributed by atoms with van der Waals surface area (Å²) in [5.41, 5.74) is 4.55. The summed E-state index contributed by atoms with van der Waals surface area (Å²) in [6.07, 6.45) is 0. The van der Waals surface area contributed by atoms with Crippen molar-refractivity contribution in [3.8, 4) is 0 Å². The topological polar surface area (TPSA) is 54.3 Å². The van der Waals surface area contributed by atoms with Gasteiger partial charge in [-0.15, -0.1) is 11.3 Å². The van der Waals surface area contributed by atoms with E-state index >= 15 is 0 Å². The highest BCUT2D eigenvalue weighted by Crippen LogP contribution is 2.36. The molecule has 1 aromatic carbocycles. The number of anilines is 1. The fraction of sp³-hybridized carbons (Fsp3) is 0.450. The molecule has 2 saturated heterocycles. The standard InChI is InChI=1S/C20H23N5OS/c1-13(2)25-18-6-4-3-5-16(18)22-20(25)24-9-14-7-23(8-15(14)10-24)19(26)17-11-27-12-21-17/h3-6,11-15H,7-10H2,1-2H3. The highest BCUT2D eigenvalue weighted by Gasteiger charge is 2.43. The van der Waals surface area contributed by atoms with Crippen LogP contribution in [0.4, 0.5) is 5.95 Å². The van der Waals surface area contributed by atoms with Gasteiger partial charge in [0, 0.05) is 49.4 Å². The average molecular weight is 382 g/mol. The van der Waals surface area contributed by atoms with E-state index in [1.807, 2.05) is 16.3 Å². The first kappa shape index (κ1) is 16.7. The SMILES string of the molecule is CC(C)n1c(N2CC3CN(C(=O)c4cscn4)CC3C2)nc2ccccc21. The highest BCUT2D eigenvalue weighted by molar-refractivity contribution is 7.07. The molecule has 2 atom stereocenters. The second-order valence-corrected chi connectivity index (χ2v) is 8.59. The molecular formula is C20H23N5OS. The van der Waals surface area contributed by atoms with Crippen LogP contribution in [0.3, 0.4) is 0 Å². The molecule has 2 aliphatic rings. The fourth-order valence-corrected chi connectivity index (χ4v) is 5.09. The van der Waals surface area contributed by atoms with Crippen LogP contribution < -0.4 is 4.90 Å². The Morgan fingerprint density at radius 1 is 1.15 bits per heavy atom. The van der Waals surface area contributed by atoms with E-state index in [0.29, 0.717) is 23.6 Å². The number of para-hydroxylation sites is 2. The number of thiazole rings is 1. The molecule has 2 unspecified atom stereocenters. The summed E-state index contributed by atoms with van der Waals surface area (Å²) in [5, 5.41) is 1.84. The average Bonchev–Trinajstić information content (AvgIpc) is 3.41. The van der Waals surface area contributed by atoms with Gasteiger partial charge >= 0.3 is 0 Å². The number of benzene rings is 1. The van der Waals surface area contributed by atoms with E-state index in [0.717, 1.165) is 37.6 Å². The monoisotopic (exact) mass is 381 g/mol. The third kappa shape index (κ3) is 2.72. The summed E-state index contributed by atoms with van der Waals surface area (Å²) in [6.45, 7) is 7.98. The lowest BCUT2D eigenvalue weighted by Gasteiger charge is -2.24. The summed E-state index contributed by atoms with van der Waals surface area (Å²) in [5.74, 6) is 2.16. The number of fused-ring (bicyclic) bond motifs is 2. The Bertz CT molecular complexity index is 966. The molecule has 3 aromatic rings. The van der Waals surface area contributed by atoms with E-state index in [1.165, 1.54) is 16.9 Å². The van der Waals surface area contributed by atoms with Gasteiger partial charge in [-0.25, -0.2) is 9.97 Å². The van der Waals surface area contributed by atoms with Crippen molar-refractivity contribution < 1.29 is 4.79 Å². The quantitative estimate of drug-likeness (QED) is 0.699. The predicted molar refractivity (Wildman–Crippen MR) is 107 cm³/mol. The first-order chi connectivity index (χ1) is 13.1. The molecule has 6 nitrogen and oxygen atoms in total. The molecule has 140 valence electrons. The van der Waals surface area contributed by atoms with E-state index in [1.54, 1.807) is 5.51 Å². The number of carbonyl (C=O) groups excluding carboxylic acids is 1. The lowest BCUT2D eigenvalue weighted by Crippen LogP contribution is -2.34. The van der Waals surface area contributed by atoms with E-state index in [4.69, 9.17) is 4.98 Å². The zero-order chi connectivity index (χ0) is 18.5.